The molecule has 0 bridgehead atoms. The summed E-state index contributed by atoms with van der Waals surface area (Å²) in [4.78, 5) is 26.3. The van der Waals surface area contributed by atoms with Gasteiger partial charge in [-0.15, -0.1) is 0 Å². The zero-order valence-electron chi connectivity index (χ0n) is 23.0. The van der Waals surface area contributed by atoms with E-state index in [2.05, 4.69) is 30.0 Å². The highest BCUT2D eigenvalue weighted by Crippen LogP contribution is 2.54. The Morgan fingerprint density at radius 1 is 1.02 bits per heavy atom. The number of aliphatic hydroxyl groups excluding tert-OH is 1. The molecule has 1 N–H and O–H groups in total. The largest absolute Gasteiger partial charge is 1.00 e. The zero-order valence-corrected chi connectivity index (χ0v) is 24.6. The van der Waals surface area contributed by atoms with Gasteiger partial charge in [-0.2, -0.15) is 0 Å². The minimum Gasteiger partial charge on any atom is -1.00 e. The quantitative estimate of drug-likeness (QED) is 0.191. The maximum absolute atomic E-state index is 12.5. The number of aliphatic hydroxyl groups is 1. The van der Waals surface area contributed by atoms with Gasteiger partial charge >= 0.3 is 0 Å². The number of carbonyl (C=O) groups excluding carboxylic acids is 2. The highest BCUT2D eigenvalue weighted by molar-refractivity contribution is 6.21. The lowest BCUT2D eigenvalue weighted by atomic mass is 9.69. The van der Waals surface area contributed by atoms with Crippen LogP contribution in [-0.4, -0.2) is 71.6 Å². The summed E-state index contributed by atoms with van der Waals surface area (Å²) in [5, 5.41) is 10.3. The van der Waals surface area contributed by atoms with Crippen molar-refractivity contribution >= 4 is 18.0 Å². The van der Waals surface area contributed by atoms with Crippen molar-refractivity contribution in [2.24, 2.45) is 0 Å². The first kappa shape index (κ1) is 28.6. The maximum atomic E-state index is 12.5. The first-order valence-corrected chi connectivity index (χ1v) is 14.3. The molecule has 0 aromatic heterocycles. The molecule has 0 unspecified atom stereocenters. The molecule has 2 amide bonds. The summed E-state index contributed by atoms with van der Waals surface area (Å²) in [5.74, 6) is 1.31. The molecular weight excluding hydrogens is 572 g/mol. The molecule has 7 nitrogen and oxygen atoms in total. The smallest absolute Gasteiger partial charge is 0.261 e. The monoisotopic (exact) mass is 608 g/mol. The summed E-state index contributed by atoms with van der Waals surface area (Å²) in [6, 6.07) is 11.2. The number of rotatable bonds is 10. The molecule has 1 spiro atoms. The number of imide groups is 1. The van der Waals surface area contributed by atoms with Crippen LogP contribution in [0.1, 0.15) is 83.2 Å². The van der Waals surface area contributed by atoms with Crippen molar-refractivity contribution in [2.45, 2.75) is 69.0 Å². The Kier molecular flexibility index (Phi) is 8.47. The van der Waals surface area contributed by atoms with Gasteiger partial charge < -0.3 is 31.6 Å². The predicted octanol–water partition coefficient (Wildman–Crippen LogP) is 1.49. The van der Waals surface area contributed by atoms with E-state index in [0.717, 1.165) is 63.0 Å². The van der Waals surface area contributed by atoms with Crippen LogP contribution in [0.25, 0.3) is 0 Å². The van der Waals surface area contributed by atoms with Crippen LogP contribution in [0.15, 0.2) is 48.6 Å². The fourth-order valence-electron chi connectivity index (χ4n) is 6.57. The Labute approximate surface area is 246 Å². The molecular formula is C32H37BrN2O5. The second kappa shape index (κ2) is 11.9. The first-order chi connectivity index (χ1) is 19.0. The second-order valence-corrected chi connectivity index (χ2v) is 11.3. The van der Waals surface area contributed by atoms with E-state index < -0.39 is 6.10 Å². The Bertz CT molecular complexity index is 1320. The molecule has 0 saturated heterocycles. The van der Waals surface area contributed by atoms with E-state index in [0.29, 0.717) is 30.7 Å². The molecule has 0 fully saturated rings. The van der Waals surface area contributed by atoms with Crippen molar-refractivity contribution in [1.29, 1.82) is 0 Å². The van der Waals surface area contributed by atoms with E-state index in [-0.39, 0.29) is 40.3 Å². The maximum Gasteiger partial charge on any atom is 0.261 e. The van der Waals surface area contributed by atoms with Crippen LogP contribution in [0.3, 0.4) is 0 Å². The molecule has 3 atom stereocenters. The number of hydrogen-bond donors (Lipinski definition) is 1. The normalized spacial score (nSPS) is 23.9. The van der Waals surface area contributed by atoms with Gasteiger partial charge in [-0.3, -0.25) is 14.5 Å². The van der Waals surface area contributed by atoms with Gasteiger partial charge in [0.15, 0.2) is 17.7 Å². The van der Waals surface area contributed by atoms with Crippen molar-refractivity contribution < 1.29 is 45.7 Å². The van der Waals surface area contributed by atoms with Crippen LogP contribution < -0.4 is 26.5 Å². The second-order valence-electron chi connectivity index (χ2n) is 11.3. The third-order valence-electron chi connectivity index (χ3n) is 8.67. The highest BCUT2D eigenvalue weighted by Gasteiger charge is 2.53. The summed E-state index contributed by atoms with van der Waals surface area (Å²) in [7, 11) is 2.11. The van der Waals surface area contributed by atoms with Crippen LogP contribution in [0.5, 0.6) is 11.5 Å². The number of nitrogens with zero attached hydrogens (tertiary/aromatic N) is 2. The summed E-state index contributed by atoms with van der Waals surface area (Å²) < 4.78 is 15.0. The molecule has 3 heterocycles. The molecule has 40 heavy (non-hydrogen) atoms. The Hall–Kier alpha value is -2.97. The van der Waals surface area contributed by atoms with Gasteiger partial charge in [0.1, 0.15) is 19.7 Å². The standard InChI is InChI=1S/C32H37N2O5.BrH/c1-33-18-16-32-15-14-23(35)20-27(32)39-29-26(13-12-22(21-33)28(29)32)38-19-9-5-3-2-4-8-17-34-30(36)24-10-6-7-11-25(24)31(34)37;/h6-7,10-15,21,23,27,35H,2-5,8-9,16-20H2,1H3;1H/q+1;/p-1/t23-,27-,32-;/m0./s1. The fraction of sp³-hybridized carbons (Fsp3) is 0.469. The number of fused-ring (bicyclic) bond motifs is 1. The fourth-order valence-corrected chi connectivity index (χ4v) is 6.57. The number of amides is 2. The molecule has 1 aliphatic carbocycles. The van der Waals surface area contributed by atoms with Gasteiger partial charge in [0.2, 0.25) is 0 Å². The van der Waals surface area contributed by atoms with Crippen LogP contribution >= 0.6 is 0 Å². The topological polar surface area (TPSA) is 79.1 Å². The number of hydrogen-bond acceptors (Lipinski definition) is 5. The Morgan fingerprint density at radius 2 is 1.73 bits per heavy atom. The Balaban J connectivity index is 0.00000323. The van der Waals surface area contributed by atoms with Gasteiger partial charge in [-0.1, -0.05) is 50.0 Å². The summed E-state index contributed by atoms with van der Waals surface area (Å²) >= 11 is 0. The lowest BCUT2D eigenvalue weighted by Gasteiger charge is -2.34. The van der Waals surface area contributed by atoms with Crippen molar-refractivity contribution in [1.82, 2.24) is 4.90 Å². The highest BCUT2D eigenvalue weighted by atomic mass is 79.9. The van der Waals surface area contributed by atoms with Crippen molar-refractivity contribution in [2.75, 3.05) is 26.7 Å². The molecule has 212 valence electrons. The van der Waals surface area contributed by atoms with Gasteiger partial charge in [-0.25, -0.2) is 4.58 Å². The molecule has 0 saturated carbocycles. The zero-order chi connectivity index (χ0) is 27.0. The van der Waals surface area contributed by atoms with Crippen LogP contribution in [0.4, 0.5) is 0 Å². The summed E-state index contributed by atoms with van der Waals surface area (Å²) in [6.45, 7) is 2.05. The molecule has 6 rings (SSSR count). The van der Waals surface area contributed by atoms with E-state index in [1.54, 1.807) is 24.3 Å². The molecule has 8 heteroatoms. The molecule has 0 radical (unpaired) electrons. The average Bonchev–Trinajstić information content (AvgIpc) is 3.33. The van der Waals surface area contributed by atoms with Gasteiger partial charge in [0.05, 0.1) is 29.3 Å². The third-order valence-corrected chi connectivity index (χ3v) is 8.67. The van der Waals surface area contributed by atoms with E-state index in [4.69, 9.17) is 9.47 Å². The van der Waals surface area contributed by atoms with Crippen molar-refractivity contribution in [3.05, 3.63) is 70.8 Å². The van der Waals surface area contributed by atoms with Crippen LogP contribution in [0, 0.1) is 0 Å². The van der Waals surface area contributed by atoms with Gasteiger partial charge in [0.25, 0.3) is 11.8 Å². The van der Waals surface area contributed by atoms with E-state index >= 15 is 0 Å². The molecule has 2 aromatic rings. The van der Waals surface area contributed by atoms with Crippen LogP contribution in [-0.2, 0) is 5.41 Å². The van der Waals surface area contributed by atoms with Crippen LogP contribution in [0.2, 0.25) is 0 Å². The third kappa shape index (κ3) is 5.12. The van der Waals surface area contributed by atoms with Crippen molar-refractivity contribution in [3.8, 4) is 11.5 Å². The number of carbonyl (C=O) groups is 2. The number of ether oxygens (including phenoxy) is 2. The molecule has 3 aliphatic heterocycles. The number of halogens is 1. The van der Waals surface area contributed by atoms with E-state index in [1.807, 2.05) is 12.1 Å². The SMILES string of the molecule is C[N+]1=Cc2ccc(OCCCCCCCCN3C(=O)c4ccccc4C3=O)c3c2[C@@]2(C=C[C@H](O)C[C@@H]2O3)CC1.[Br-]. The van der Waals surface area contributed by atoms with E-state index in [1.165, 1.54) is 16.0 Å². The molecule has 2 aromatic carbocycles. The minimum absolute atomic E-state index is 0. The van der Waals surface area contributed by atoms with E-state index in [9.17, 15) is 14.7 Å². The summed E-state index contributed by atoms with van der Waals surface area (Å²) in [5.41, 5.74) is 3.21. The summed E-state index contributed by atoms with van der Waals surface area (Å²) in [6.07, 6.45) is 13.3. The lowest BCUT2D eigenvalue weighted by Crippen LogP contribution is -3.00. The Morgan fingerprint density at radius 3 is 2.48 bits per heavy atom. The average molecular weight is 610 g/mol. The van der Waals surface area contributed by atoms with Gasteiger partial charge in [-0.05, 0) is 37.1 Å². The number of benzene rings is 2. The van der Waals surface area contributed by atoms with Crippen molar-refractivity contribution in [3.63, 3.8) is 0 Å². The first-order valence-electron chi connectivity index (χ1n) is 14.3. The predicted molar refractivity (Wildman–Crippen MR) is 148 cm³/mol. The molecule has 4 aliphatic rings. The number of unbranched alkanes of at least 4 members (excludes halogenated alkanes) is 5. The lowest BCUT2D eigenvalue weighted by molar-refractivity contribution is -0.493. The van der Waals surface area contributed by atoms with Gasteiger partial charge in [0, 0.05) is 30.5 Å². The minimum atomic E-state index is -0.472.